The van der Waals surface area contributed by atoms with Crippen molar-refractivity contribution >= 4 is 34.1 Å². The molecule has 128 valence electrons. The third-order valence-corrected chi connectivity index (χ3v) is 5.22. The van der Waals surface area contributed by atoms with Gasteiger partial charge in [0, 0.05) is 11.4 Å². The van der Waals surface area contributed by atoms with Crippen LogP contribution >= 0.6 is 23.1 Å². The number of carbonyl (C=O) groups excluding carboxylic acids is 1. The van der Waals surface area contributed by atoms with Crippen molar-refractivity contribution in [3.8, 4) is 5.75 Å². The fourth-order valence-electron chi connectivity index (χ4n) is 1.98. The van der Waals surface area contributed by atoms with Crippen LogP contribution in [-0.4, -0.2) is 24.5 Å². The van der Waals surface area contributed by atoms with E-state index in [0.717, 1.165) is 14.7 Å². The van der Waals surface area contributed by atoms with Gasteiger partial charge in [-0.05, 0) is 31.5 Å². The average molecular weight is 364 g/mol. The molecule has 0 bridgehead atoms. The number of methoxy groups -OCH3 is 1. The van der Waals surface area contributed by atoms with Crippen molar-refractivity contribution in [3.63, 3.8) is 0 Å². The monoisotopic (exact) mass is 364 g/mol. The number of benzene rings is 1. The minimum Gasteiger partial charge on any atom is -0.496 e. The summed E-state index contributed by atoms with van der Waals surface area (Å²) in [6.07, 6.45) is 1.76. The van der Waals surface area contributed by atoms with Gasteiger partial charge >= 0.3 is 0 Å². The Morgan fingerprint density at radius 2 is 2.25 bits per heavy atom. The van der Waals surface area contributed by atoms with Crippen molar-refractivity contribution in [1.82, 2.24) is 10.3 Å². The number of thiazole rings is 1. The van der Waals surface area contributed by atoms with Gasteiger partial charge in [0.15, 0.2) is 5.13 Å². The van der Waals surface area contributed by atoms with E-state index in [1.807, 2.05) is 26.0 Å². The molecule has 24 heavy (non-hydrogen) atoms. The van der Waals surface area contributed by atoms with Crippen molar-refractivity contribution < 1.29 is 9.53 Å². The zero-order valence-electron chi connectivity index (χ0n) is 13.8. The van der Waals surface area contributed by atoms with Gasteiger partial charge in [0.2, 0.25) is 0 Å². The Hall–Kier alpha value is -2.19. The molecule has 0 unspecified atom stereocenters. The van der Waals surface area contributed by atoms with Crippen LogP contribution in [0.4, 0.5) is 5.13 Å². The summed E-state index contributed by atoms with van der Waals surface area (Å²) in [6, 6.07) is 3.72. The van der Waals surface area contributed by atoms with Crippen LogP contribution < -0.4 is 21.1 Å². The van der Waals surface area contributed by atoms with E-state index in [0.29, 0.717) is 28.8 Å². The van der Waals surface area contributed by atoms with Crippen molar-refractivity contribution in [1.29, 1.82) is 0 Å². The zero-order chi connectivity index (χ0) is 17.7. The predicted molar refractivity (Wildman–Crippen MR) is 98.9 cm³/mol. The first kappa shape index (κ1) is 18.2. The Kier molecular flexibility index (Phi) is 6.10. The number of ether oxygens (including phenoxy) is 1. The summed E-state index contributed by atoms with van der Waals surface area (Å²) in [6.45, 7) is 8.02. The number of hydrogen-bond donors (Lipinski definition) is 3. The second-order valence-corrected chi connectivity index (χ2v) is 7.29. The van der Waals surface area contributed by atoms with Crippen molar-refractivity contribution in [2.75, 3.05) is 19.0 Å². The molecule has 0 saturated carbocycles. The number of nitrogens with zero attached hydrogens (tertiary/aromatic N) is 1. The number of nitrogens with two attached hydrogens (primary N) is 1. The Labute approximate surface area is 149 Å². The summed E-state index contributed by atoms with van der Waals surface area (Å²) in [5.74, 6) is 0.760. The van der Waals surface area contributed by atoms with Crippen LogP contribution in [0.3, 0.4) is 0 Å². The second kappa shape index (κ2) is 8.07. The molecule has 0 spiro atoms. The topological polar surface area (TPSA) is 89.3 Å². The number of amides is 1. The Balaban J connectivity index is 2.29. The summed E-state index contributed by atoms with van der Waals surface area (Å²) in [5.41, 5.74) is 7.06. The Morgan fingerprint density at radius 3 is 2.88 bits per heavy atom. The number of rotatable bonds is 7. The molecule has 4 N–H and O–H groups in total. The van der Waals surface area contributed by atoms with E-state index < -0.39 is 0 Å². The van der Waals surface area contributed by atoms with Gasteiger partial charge < -0.3 is 21.1 Å². The average Bonchev–Trinajstić information content (AvgIpc) is 2.95. The van der Waals surface area contributed by atoms with Crippen LogP contribution in [0.15, 0.2) is 39.8 Å². The maximum absolute atomic E-state index is 12.2. The molecule has 1 heterocycles. The molecule has 1 aromatic carbocycles. The number of nitrogens with one attached hydrogen (secondary N) is 2. The lowest BCUT2D eigenvalue weighted by atomic mass is 10.1. The van der Waals surface area contributed by atoms with Gasteiger partial charge in [-0.1, -0.05) is 29.7 Å². The molecule has 0 fully saturated rings. The van der Waals surface area contributed by atoms with E-state index in [2.05, 4.69) is 22.2 Å². The number of carbonyl (C=O) groups is 1. The van der Waals surface area contributed by atoms with E-state index in [1.165, 1.54) is 11.3 Å². The van der Waals surface area contributed by atoms with E-state index in [9.17, 15) is 4.79 Å². The van der Waals surface area contributed by atoms with Gasteiger partial charge in [0.05, 0.1) is 28.9 Å². The molecule has 0 atom stereocenters. The van der Waals surface area contributed by atoms with E-state index >= 15 is 0 Å². The second-order valence-electron chi connectivity index (χ2n) is 4.91. The molecular weight excluding hydrogens is 344 g/mol. The fraction of sp³-hybridized carbons (Fsp3) is 0.250. The highest BCUT2D eigenvalue weighted by atomic mass is 32.2. The molecule has 2 aromatic rings. The molecule has 6 nitrogen and oxygen atoms in total. The smallest absolute Gasteiger partial charge is 0.255 e. The number of aryl methyl sites for hydroxylation is 1. The van der Waals surface area contributed by atoms with Gasteiger partial charge in [-0.25, -0.2) is 4.98 Å². The molecule has 0 aliphatic rings. The normalized spacial score (nSPS) is 10.3. The highest BCUT2D eigenvalue weighted by Crippen LogP contribution is 2.38. The lowest BCUT2D eigenvalue weighted by Crippen LogP contribution is -2.23. The van der Waals surface area contributed by atoms with Gasteiger partial charge in [-0.15, -0.1) is 0 Å². The van der Waals surface area contributed by atoms with Gasteiger partial charge in [-0.3, -0.25) is 4.79 Å². The molecular formula is C16H20N4O2S2. The summed E-state index contributed by atoms with van der Waals surface area (Å²) >= 11 is 3.01. The highest BCUT2D eigenvalue weighted by molar-refractivity contribution is 8.01. The molecule has 0 aliphatic carbocycles. The molecule has 1 aromatic heterocycles. The van der Waals surface area contributed by atoms with E-state index in [1.54, 1.807) is 25.1 Å². The molecule has 0 aliphatic heterocycles. The van der Waals surface area contributed by atoms with E-state index in [4.69, 9.17) is 10.5 Å². The summed E-state index contributed by atoms with van der Waals surface area (Å²) in [7, 11) is 1.56. The molecule has 2 rings (SSSR count). The minimum absolute atomic E-state index is 0.151. The van der Waals surface area contributed by atoms with Gasteiger partial charge in [-0.2, -0.15) is 0 Å². The maximum atomic E-state index is 12.2. The first-order valence-corrected chi connectivity index (χ1v) is 8.89. The quantitative estimate of drug-likeness (QED) is 0.699. The van der Waals surface area contributed by atoms with Crippen molar-refractivity contribution in [2.24, 2.45) is 5.73 Å². The maximum Gasteiger partial charge on any atom is 0.255 e. The zero-order valence-corrected chi connectivity index (χ0v) is 15.4. The SMILES string of the molecule is C=C(N)Nc1ncc(Sc2cc(C(=O)NCC)c(OC)cc2C)s1. The van der Waals surface area contributed by atoms with Crippen LogP contribution in [0.5, 0.6) is 5.75 Å². The molecule has 1 amide bonds. The fourth-order valence-corrected chi connectivity index (χ4v) is 3.96. The lowest BCUT2D eigenvalue weighted by Gasteiger charge is -2.12. The molecule has 0 saturated heterocycles. The molecule has 8 heteroatoms. The summed E-state index contributed by atoms with van der Waals surface area (Å²) in [5, 5.41) is 6.37. The van der Waals surface area contributed by atoms with E-state index in [-0.39, 0.29) is 5.91 Å². The van der Waals surface area contributed by atoms with Crippen molar-refractivity contribution in [2.45, 2.75) is 23.0 Å². The standard InChI is InChI=1S/C16H20N4O2S2/c1-5-18-15(21)11-7-13(9(2)6-12(11)22-4)23-14-8-19-16(24-14)20-10(3)17/h6-8H,3,5,17H2,1-2,4H3,(H,18,21)(H,19,20). The summed E-state index contributed by atoms with van der Waals surface area (Å²) < 4.78 is 6.31. The number of aromatic nitrogens is 1. The lowest BCUT2D eigenvalue weighted by molar-refractivity contribution is 0.0952. The third kappa shape index (κ3) is 4.42. The molecule has 0 radical (unpaired) electrons. The number of hydrogen-bond acceptors (Lipinski definition) is 7. The van der Waals surface area contributed by atoms with Crippen LogP contribution in [0.25, 0.3) is 0 Å². The first-order valence-electron chi connectivity index (χ1n) is 7.26. The van der Waals surface area contributed by atoms with Gasteiger partial charge in [0.25, 0.3) is 5.91 Å². The van der Waals surface area contributed by atoms with Crippen LogP contribution in [-0.2, 0) is 0 Å². The minimum atomic E-state index is -0.151. The Bertz CT molecular complexity index is 759. The number of anilines is 1. The predicted octanol–water partition coefficient (Wildman–Crippen LogP) is 3.20. The Morgan fingerprint density at radius 1 is 1.50 bits per heavy atom. The van der Waals surface area contributed by atoms with Crippen LogP contribution in [0.2, 0.25) is 0 Å². The first-order chi connectivity index (χ1) is 11.4. The van der Waals surface area contributed by atoms with Crippen LogP contribution in [0.1, 0.15) is 22.8 Å². The van der Waals surface area contributed by atoms with Crippen LogP contribution in [0, 0.1) is 6.92 Å². The van der Waals surface area contributed by atoms with Crippen molar-refractivity contribution in [3.05, 3.63) is 41.9 Å². The largest absolute Gasteiger partial charge is 0.496 e. The summed E-state index contributed by atoms with van der Waals surface area (Å²) in [4.78, 5) is 17.4. The third-order valence-electron chi connectivity index (χ3n) is 3.04. The van der Waals surface area contributed by atoms with Gasteiger partial charge in [0.1, 0.15) is 5.75 Å². The highest BCUT2D eigenvalue weighted by Gasteiger charge is 2.16.